The van der Waals surface area contributed by atoms with Crippen molar-refractivity contribution in [1.29, 1.82) is 0 Å². The molecule has 2 N–H and O–H groups in total. The lowest BCUT2D eigenvalue weighted by Gasteiger charge is -2.05. The first kappa shape index (κ1) is 37.7. The topological polar surface area (TPSA) is 74.6 Å². The summed E-state index contributed by atoms with van der Waals surface area (Å²) in [5.41, 5.74) is 0.637. The van der Waals surface area contributed by atoms with Gasteiger partial charge in [0.05, 0.1) is 0 Å². The Bertz CT molecular complexity index is 569. The zero-order valence-electron chi connectivity index (χ0n) is 26.0. The van der Waals surface area contributed by atoms with Gasteiger partial charge in [-0.25, -0.2) is 4.79 Å². The van der Waals surface area contributed by atoms with Crippen LogP contribution in [0.1, 0.15) is 200 Å². The highest BCUT2D eigenvalue weighted by Gasteiger charge is 2.06. The number of hydrogen-bond donors (Lipinski definition) is 2. The second-order valence-corrected chi connectivity index (χ2v) is 11.9. The fourth-order valence-electron chi connectivity index (χ4n) is 5.45. The Morgan fingerprint density at radius 2 is 0.744 bits per heavy atom. The number of aliphatic carboxylic acids is 2. The van der Waals surface area contributed by atoms with Crippen molar-refractivity contribution in [2.45, 2.75) is 200 Å². The molecule has 0 aromatic heterocycles. The minimum absolute atomic E-state index is 0.319. The van der Waals surface area contributed by atoms with Crippen molar-refractivity contribution >= 4 is 11.9 Å². The van der Waals surface area contributed by atoms with Crippen LogP contribution in [0.5, 0.6) is 0 Å². The second-order valence-electron chi connectivity index (χ2n) is 11.9. The van der Waals surface area contributed by atoms with Gasteiger partial charge in [0.15, 0.2) is 0 Å². The zero-order valence-corrected chi connectivity index (χ0v) is 26.0. The van der Waals surface area contributed by atoms with E-state index in [2.05, 4.69) is 6.92 Å². The molecule has 0 aliphatic rings. The summed E-state index contributed by atoms with van der Waals surface area (Å²) in [6.45, 7) is 2.27. The molecule has 0 rings (SSSR count). The van der Waals surface area contributed by atoms with E-state index in [4.69, 9.17) is 5.11 Å². The predicted octanol–water partition coefficient (Wildman–Crippen LogP) is 11.8. The van der Waals surface area contributed by atoms with Crippen LogP contribution in [0.2, 0.25) is 0 Å². The molecule has 230 valence electrons. The number of carboxylic acid groups (broad SMARTS) is 2. The standard InChI is InChI=1S/C35H66O4/c1-2-3-4-5-6-7-8-12-15-18-21-24-27-30-33(35(38)39)31-28-25-22-19-16-13-10-9-11-14-17-20-23-26-29-32-34(36)37/h30H,2-29,31-32H2,1H3,(H,36,37)(H,38,39). The monoisotopic (exact) mass is 550 g/mol. The van der Waals surface area contributed by atoms with Gasteiger partial charge in [0.2, 0.25) is 0 Å². The molecule has 0 radical (unpaired) electrons. The quantitative estimate of drug-likeness (QED) is 0.0645. The fraction of sp³-hybridized carbons (Fsp3) is 0.886. The molecule has 0 amide bonds. The summed E-state index contributed by atoms with van der Waals surface area (Å²) in [4.78, 5) is 22.0. The van der Waals surface area contributed by atoms with E-state index >= 15 is 0 Å². The molecule has 0 atom stereocenters. The van der Waals surface area contributed by atoms with Crippen LogP contribution >= 0.6 is 0 Å². The largest absolute Gasteiger partial charge is 0.481 e. The van der Waals surface area contributed by atoms with Crippen molar-refractivity contribution in [3.05, 3.63) is 11.6 Å². The summed E-state index contributed by atoms with van der Waals surface area (Å²) in [6.07, 6.45) is 38.3. The molecule has 0 heterocycles. The van der Waals surface area contributed by atoms with Crippen LogP contribution < -0.4 is 0 Å². The Balaban J connectivity index is 3.46. The minimum Gasteiger partial charge on any atom is -0.481 e. The molecule has 0 fully saturated rings. The molecule has 0 bridgehead atoms. The molecule has 4 heteroatoms. The van der Waals surface area contributed by atoms with Crippen LogP contribution in [0.15, 0.2) is 11.6 Å². The smallest absolute Gasteiger partial charge is 0.331 e. The van der Waals surface area contributed by atoms with Crippen molar-refractivity contribution in [1.82, 2.24) is 0 Å². The highest BCUT2D eigenvalue weighted by Crippen LogP contribution is 2.17. The zero-order chi connectivity index (χ0) is 28.7. The molecule has 0 aliphatic carbocycles. The molecular formula is C35H66O4. The van der Waals surface area contributed by atoms with Crippen LogP contribution in [-0.2, 0) is 9.59 Å². The van der Waals surface area contributed by atoms with E-state index in [0.29, 0.717) is 12.0 Å². The van der Waals surface area contributed by atoms with E-state index in [0.717, 1.165) is 44.9 Å². The Labute approximate surface area is 242 Å². The normalized spacial score (nSPS) is 11.8. The first-order valence-electron chi connectivity index (χ1n) is 17.2. The van der Waals surface area contributed by atoms with E-state index in [1.54, 1.807) is 0 Å². The summed E-state index contributed by atoms with van der Waals surface area (Å²) in [5.74, 6) is -1.39. The Morgan fingerprint density at radius 3 is 1.08 bits per heavy atom. The van der Waals surface area contributed by atoms with E-state index in [1.165, 1.54) is 141 Å². The van der Waals surface area contributed by atoms with E-state index in [1.807, 2.05) is 6.08 Å². The van der Waals surface area contributed by atoms with Crippen LogP contribution in [0.25, 0.3) is 0 Å². The van der Waals surface area contributed by atoms with E-state index in [-0.39, 0.29) is 0 Å². The lowest BCUT2D eigenvalue weighted by Crippen LogP contribution is -2.00. The molecule has 0 aromatic carbocycles. The molecule has 0 saturated carbocycles. The first-order valence-corrected chi connectivity index (χ1v) is 17.2. The molecule has 0 aromatic rings. The Hall–Kier alpha value is -1.32. The molecule has 0 unspecified atom stereocenters. The van der Waals surface area contributed by atoms with Gasteiger partial charge in [-0.3, -0.25) is 4.79 Å². The lowest BCUT2D eigenvalue weighted by molar-refractivity contribution is -0.137. The molecule has 0 aliphatic heterocycles. The average Bonchev–Trinajstić information content (AvgIpc) is 2.91. The summed E-state index contributed by atoms with van der Waals surface area (Å²) in [5, 5.41) is 18.1. The SMILES string of the molecule is CCCCCCCCCCCCCCC=C(CCCCCCCCCCCCCCCCCC(=O)O)C(=O)O. The molecule has 0 spiro atoms. The maximum absolute atomic E-state index is 11.6. The van der Waals surface area contributed by atoms with Gasteiger partial charge in [-0.1, -0.05) is 167 Å². The molecular weight excluding hydrogens is 484 g/mol. The van der Waals surface area contributed by atoms with Gasteiger partial charge in [-0.2, -0.15) is 0 Å². The molecule has 39 heavy (non-hydrogen) atoms. The summed E-state index contributed by atoms with van der Waals surface area (Å²) >= 11 is 0. The second kappa shape index (κ2) is 31.2. The number of hydrogen-bond acceptors (Lipinski definition) is 2. The van der Waals surface area contributed by atoms with Crippen molar-refractivity contribution < 1.29 is 19.8 Å². The molecule has 4 nitrogen and oxygen atoms in total. The van der Waals surface area contributed by atoms with Crippen molar-refractivity contribution in [2.75, 3.05) is 0 Å². The third-order valence-corrected chi connectivity index (χ3v) is 8.06. The maximum atomic E-state index is 11.6. The number of carboxylic acids is 2. The van der Waals surface area contributed by atoms with Gasteiger partial charge in [-0.15, -0.1) is 0 Å². The van der Waals surface area contributed by atoms with Gasteiger partial charge in [0.25, 0.3) is 0 Å². The van der Waals surface area contributed by atoms with Crippen LogP contribution in [-0.4, -0.2) is 22.2 Å². The average molecular weight is 551 g/mol. The van der Waals surface area contributed by atoms with E-state index < -0.39 is 11.9 Å². The third-order valence-electron chi connectivity index (χ3n) is 8.06. The van der Waals surface area contributed by atoms with Gasteiger partial charge in [-0.05, 0) is 32.1 Å². The molecule has 0 saturated heterocycles. The van der Waals surface area contributed by atoms with Gasteiger partial charge in [0, 0.05) is 12.0 Å². The summed E-state index contributed by atoms with van der Waals surface area (Å²) in [7, 11) is 0. The maximum Gasteiger partial charge on any atom is 0.331 e. The highest BCUT2D eigenvalue weighted by atomic mass is 16.4. The van der Waals surface area contributed by atoms with Gasteiger partial charge < -0.3 is 10.2 Å². The predicted molar refractivity (Wildman–Crippen MR) is 168 cm³/mol. The first-order chi connectivity index (χ1) is 19.1. The third kappa shape index (κ3) is 31.1. The Morgan fingerprint density at radius 1 is 0.436 bits per heavy atom. The van der Waals surface area contributed by atoms with E-state index in [9.17, 15) is 14.7 Å². The van der Waals surface area contributed by atoms with Gasteiger partial charge >= 0.3 is 11.9 Å². The van der Waals surface area contributed by atoms with Crippen molar-refractivity contribution in [3.63, 3.8) is 0 Å². The van der Waals surface area contributed by atoms with Crippen LogP contribution in [0.3, 0.4) is 0 Å². The van der Waals surface area contributed by atoms with Crippen LogP contribution in [0.4, 0.5) is 0 Å². The highest BCUT2D eigenvalue weighted by molar-refractivity contribution is 5.86. The number of rotatable bonds is 32. The van der Waals surface area contributed by atoms with Crippen LogP contribution in [0, 0.1) is 0 Å². The summed E-state index contributed by atoms with van der Waals surface area (Å²) < 4.78 is 0. The number of unbranched alkanes of at least 4 members (excludes halogenated alkanes) is 26. The minimum atomic E-state index is -0.716. The number of allylic oxidation sites excluding steroid dienone is 1. The Kier molecular flexibility index (Phi) is 30.2. The van der Waals surface area contributed by atoms with Crippen molar-refractivity contribution in [3.8, 4) is 0 Å². The van der Waals surface area contributed by atoms with Gasteiger partial charge in [0.1, 0.15) is 0 Å². The van der Waals surface area contributed by atoms with Crippen molar-refractivity contribution in [2.24, 2.45) is 0 Å². The number of carbonyl (C=O) groups is 2. The summed E-state index contributed by atoms with van der Waals surface area (Å²) in [6, 6.07) is 0. The fourth-order valence-corrected chi connectivity index (χ4v) is 5.45. The lowest BCUT2D eigenvalue weighted by atomic mass is 10.0.